The minimum atomic E-state index is -2.89. The Morgan fingerprint density at radius 2 is 2.20 bits per heavy atom. The molecule has 0 spiro atoms. The molecule has 0 amide bonds. The smallest absolute Gasteiger partial charge is 0.193 e. The molecule has 20 heavy (non-hydrogen) atoms. The Hall–Kier alpha value is -1.50. The van der Waals surface area contributed by atoms with Crippen molar-refractivity contribution >= 4 is 15.8 Å². The number of aliphatic imine (C=N–C) groups is 1. The molecule has 1 N–H and O–H groups in total. The third-order valence-corrected chi connectivity index (χ3v) is 4.03. The lowest BCUT2D eigenvalue weighted by atomic mass is 10.4. The van der Waals surface area contributed by atoms with Crippen LogP contribution in [0.1, 0.15) is 12.1 Å². The van der Waals surface area contributed by atoms with Gasteiger partial charge in [-0.2, -0.15) is 0 Å². The topological polar surface area (TPSA) is 66.7 Å². The van der Waals surface area contributed by atoms with Gasteiger partial charge in [-0.3, -0.25) is 4.99 Å². The van der Waals surface area contributed by atoms with E-state index in [9.17, 15) is 8.42 Å². The van der Waals surface area contributed by atoms with Crippen LogP contribution in [0.5, 0.6) is 0 Å². The van der Waals surface area contributed by atoms with E-state index in [0.717, 1.165) is 12.5 Å². The Morgan fingerprint density at radius 3 is 2.70 bits per heavy atom. The summed E-state index contributed by atoms with van der Waals surface area (Å²) >= 11 is 0. The van der Waals surface area contributed by atoms with Crippen LogP contribution in [-0.2, 0) is 23.4 Å². The number of sulfone groups is 1. The number of guanidine groups is 1. The lowest BCUT2D eigenvalue weighted by Crippen LogP contribution is -2.39. The molecule has 114 valence electrons. The first-order chi connectivity index (χ1) is 9.33. The van der Waals surface area contributed by atoms with Crippen molar-refractivity contribution < 1.29 is 8.42 Å². The third kappa shape index (κ3) is 5.64. The molecule has 0 aromatic carbocycles. The first-order valence-electron chi connectivity index (χ1n) is 6.53. The fraction of sp³-hybridized carbons (Fsp3) is 0.615. The first-order valence-corrected chi connectivity index (χ1v) is 8.59. The van der Waals surface area contributed by atoms with Crippen LogP contribution in [0.4, 0.5) is 0 Å². The average Bonchev–Trinajstić information content (AvgIpc) is 2.73. The summed E-state index contributed by atoms with van der Waals surface area (Å²) in [6.45, 7) is 1.34. The van der Waals surface area contributed by atoms with Crippen molar-refractivity contribution in [3.05, 3.63) is 24.0 Å². The minimum Gasteiger partial charge on any atom is -0.356 e. The van der Waals surface area contributed by atoms with Crippen molar-refractivity contribution in [1.82, 2.24) is 14.8 Å². The number of rotatable bonds is 6. The van der Waals surface area contributed by atoms with Crippen LogP contribution in [0.3, 0.4) is 0 Å². The summed E-state index contributed by atoms with van der Waals surface area (Å²) < 4.78 is 24.2. The van der Waals surface area contributed by atoms with Gasteiger partial charge in [-0.1, -0.05) is 0 Å². The molecule has 0 fully saturated rings. The maximum Gasteiger partial charge on any atom is 0.193 e. The van der Waals surface area contributed by atoms with E-state index in [-0.39, 0.29) is 5.75 Å². The van der Waals surface area contributed by atoms with E-state index < -0.39 is 9.84 Å². The molecule has 6 nitrogen and oxygen atoms in total. The number of aromatic nitrogens is 1. The van der Waals surface area contributed by atoms with E-state index in [1.54, 1.807) is 7.05 Å². The van der Waals surface area contributed by atoms with Crippen LogP contribution < -0.4 is 5.32 Å². The fourth-order valence-corrected chi connectivity index (χ4v) is 2.57. The fourth-order valence-electron chi connectivity index (χ4n) is 1.90. The van der Waals surface area contributed by atoms with Gasteiger partial charge in [-0.25, -0.2) is 8.42 Å². The highest BCUT2D eigenvalue weighted by atomic mass is 32.2. The lowest BCUT2D eigenvalue weighted by molar-refractivity contribution is 0.462. The van der Waals surface area contributed by atoms with Gasteiger partial charge in [0.25, 0.3) is 0 Å². The zero-order chi connectivity index (χ0) is 15.2. The summed E-state index contributed by atoms with van der Waals surface area (Å²) in [5.74, 6) is 0.957. The second kappa shape index (κ2) is 7.33. The maximum atomic E-state index is 11.1. The van der Waals surface area contributed by atoms with Crippen LogP contribution in [0.25, 0.3) is 0 Å². The normalized spacial score (nSPS) is 12.5. The molecule has 1 aromatic heterocycles. The Bertz CT molecular complexity index is 548. The summed E-state index contributed by atoms with van der Waals surface area (Å²) in [5.41, 5.74) is 1.19. The van der Waals surface area contributed by atoms with Gasteiger partial charge in [0, 0.05) is 45.8 Å². The predicted molar refractivity (Wildman–Crippen MR) is 82.6 cm³/mol. The highest BCUT2D eigenvalue weighted by Crippen LogP contribution is 2.03. The van der Waals surface area contributed by atoms with Crippen LogP contribution in [0.15, 0.2) is 23.3 Å². The Morgan fingerprint density at radius 1 is 1.50 bits per heavy atom. The van der Waals surface area contributed by atoms with Gasteiger partial charge < -0.3 is 14.8 Å². The molecule has 0 atom stereocenters. The molecule has 0 radical (unpaired) electrons. The Kier molecular flexibility index (Phi) is 6.06. The molecular formula is C13H24N4O2S. The molecule has 0 saturated carbocycles. The first kappa shape index (κ1) is 16.6. The van der Waals surface area contributed by atoms with Crippen LogP contribution in [-0.4, -0.2) is 56.5 Å². The van der Waals surface area contributed by atoms with Gasteiger partial charge in [0.05, 0.1) is 12.3 Å². The zero-order valence-corrected chi connectivity index (χ0v) is 13.4. The molecule has 0 saturated heterocycles. The Balaban J connectivity index is 2.44. The van der Waals surface area contributed by atoms with Crippen molar-refractivity contribution in [1.29, 1.82) is 0 Å². The maximum absolute atomic E-state index is 11.1. The molecule has 0 unspecified atom stereocenters. The number of aryl methyl sites for hydroxylation is 1. The molecule has 1 rings (SSSR count). The molecule has 0 aliphatic carbocycles. The summed E-state index contributed by atoms with van der Waals surface area (Å²) in [6.07, 6.45) is 3.84. The second-order valence-corrected chi connectivity index (χ2v) is 7.18. The molecule has 1 aromatic rings. The van der Waals surface area contributed by atoms with E-state index in [2.05, 4.69) is 20.9 Å². The molecule has 0 bridgehead atoms. The predicted octanol–water partition coefficient (Wildman–Crippen LogP) is 0.467. The van der Waals surface area contributed by atoms with Crippen molar-refractivity contribution in [3.8, 4) is 0 Å². The quantitative estimate of drug-likeness (QED) is 0.471. The molecule has 1 heterocycles. The zero-order valence-electron chi connectivity index (χ0n) is 12.6. The third-order valence-electron chi connectivity index (χ3n) is 3.00. The van der Waals surface area contributed by atoms with Gasteiger partial charge in [0.1, 0.15) is 9.84 Å². The summed E-state index contributed by atoms with van der Waals surface area (Å²) in [7, 11) is 2.79. The van der Waals surface area contributed by atoms with E-state index in [1.165, 1.54) is 11.9 Å². The SMILES string of the molecule is CN=C(NCCCS(C)(=O)=O)N(C)Cc1cccn1C. The number of hydrogen-bond acceptors (Lipinski definition) is 3. The molecular weight excluding hydrogens is 276 g/mol. The van der Waals surface area contributed by atoms with E-state index in [0.29, 0.717) is 13.0 Å². The van der Waals surface area contributed by atoms with Crippen molar-refractivity contribution in [2.45, 2.75) is 13.0 Å². The van der Waals surface area contributed by atoms with Crippen molar-refractivity contribution in [2.24, 2.45) is 12.0 Å². The average molecular weight is 300 g/mol. The largest absolute Gasteiger partial charge is 0.356 e. The van der Waals surface area contributed by atoms with Gasteiger partial charge in [0.15, 0.2) is 5.96 Å². The van der Waals surface area contributed by atoms with E-state index in [1.807, 2.05) is 31.3 Å². The minimum absolute atomic E-state index is 0.193. The Labute approximate surface area is 121 Å². The van der Waals surface area contributed by atoms with Gasteiger partial charge in [-0.15, -0.1) is 0 Å². The lowest BCUT2D eigenvalue weighted by Gasteiger charge is -2.22. The summed E-state index contributed by atoms with van der Waals surface area (Å²) in [6, 6.07) is 4.07. The van der Waals surface area contributed by atoms with Gasteiger partial charge in [0.2, 0.25) is 0 Å². The van der Waals surface area contributed by atoms with Crippen molar-refractivity contribution in [3.63, 3.8) is 0 Å². The van der Waals surface area contributed by atoms with Crippen LogP contribution >= 0.6 is 0 Å². The molecule has 7 heteroatoms. The van der Waals surface area contributed by atoms with Gasteiger partial charge in [-0.05, 0) is 18.6 Å². The monoisotopic (exact) mass is 300 g/mol. The van der Waals surface area contributed by atoms with Crippen LogP contribution in [0, 0.1) is 0 Å². The van der Waals surface area contributed by atoms with E-state index >= 15 is 0 Å². The molecule has 0 aliphatic heterocycles. The number of nitrogens with one attached hydrogen (secondary N) is 1. The highest BCUT2D eigenvalue weighted by Gasteiger charge is 2.08. The summed E-state index contributed by atoms with van der Waals surface area (Å²) in [4.78, 5) is 6.21. The second-order valence-electron chi connectivity index (χ2n) is 4.92. The van der Waals surface area contributed by atoms with Crippen molar-refractivity contribution in [2.75, 3.05) is 32.6 Å². The standard InChI is InChI=1S/C13H24N4O2S/c1-14-13(15-8-6-10-20(4,18)19)17(3)11-12-7-5-9-16(12)2/h5,7,9H,6,8,10-11H2,1-4H3,(H,14,15). The van der Waals surface area contributed by atoms with E-state index in [4.69, 9.17) is 0 Å². The van der Waals surface area contributed by atoms with Gasteiger partial charge >= 0.3 is 0 Å². The summed E-state index contributed by atoms with van der Waals surface area (Å²) in [5, 5.41) is 3.18. The highest BCUT2D eigenvalue weighted by molar-refractivity contribution is 7.90. The van der Waals surface area contributed by atoms with Crippen LogP contribution in [0.2, 0.25) is 0 Å². The number of hydrogen-bond donors (Lipinski definition) is 1. The molecule has 0 aliphatic rings. The number of nitrogens with zero attached hydrogens (tertiary/aromatic N) is 3.